The summed E-state index contributed by atoms with van der Waals surface area (Å²) < 4.78 is 5.64. The molecule has 0 amide bonds. The fraction of sp³-hybridized carbons (Fsp3) is 0.800. The fourth-order valence-corrected chi connectivity index (χ4v) is 1.58. The SMILES string of the molecule is CCCNc1nc(OC(C)C)nc(N(C)C(C)(C)CC)n1. The standard InChI is InChI=1S/C15H29N5O/c1-8-10-16-12-17-13(20(7)15(5,6)9-2)19-14(18-12)21-11(3)4/h11H,8-10H2,1-7H3,(H,16,17,18,19). The Kier molecular flexibility index (Phi) is 6.18. The van der Waals surface area contributed by atoms with Crippen LogP contribution in [0, 0.1) is 0 Å². The minimum Gasteiger partial charge on any atom is -0.461 e. The summed E-state index contributed by atoms with van der Waals surface area (Å²) in [6.45, 7) is 13.3. The molecule has 0 aliphatic heterocycles. The maximum atomic E-state index is 5.64. The van der Waals surface area contributed by atoms with Gasteiger partial charge in [0.2, 0.25) is 11.9 Å². The molecule has 0 unspecified atom stereocenters. The first-order valence-electron chi connectivity index (χ1n) is 7.70. The summed E-state index contributed by atoms with van der Waals surface area (Å²) in [5.74, 6) is 1.20. The van der Waals surface area contributed by atoms with Crippen LogP contribution in [0.25, 0.3) is 0 Å². The first-order chi connectivity index (χ1) is 9.80. The molecule has 1 rings (SSSR count). The lowest BCUT2D eigenvalue weighted by Crippen LogP contribution is -2.41. The number of ether oxygens (including phenoxy) is 1. The topological polar surface area (TPSA) is 63.2 Å². The third kappa shape index (κ3) is 5.02. The molecule has 0 bridgehead atoms. The van der Waals surface area contributed by atoms with Gasteiger partial charge < -0.3 is 15.0 Å². The largest absolute Gasteiger partial charge is 0.461 e. The molecular weight excluding hydrogens is 266 g/mol. The van der Waals surface area contributed by atoms with Crippen LogP contribution < -0.4 is 15.0 Å². The molecular formula is C15H29N5O. The molecule has 120 valence electrons. The van der Waals surface area contributed by atoms with E-state index in [1.54, 1.807) is 0 Å². The monoisotopic (exact) mass is 295 g/mol. The molecule has 1 aromatic rings. The van der Waals surface area contributed by atoms with Gasteiger partial charge in [-0.3, -0.25) is 0 Å². The molecule has 0 saturated carbocycles. The van der Waals surface area contributed by atoms with Crippen LogP contribution in [0.4, 0.5) is 11.9 Å². The Morgan fingerprint density at radius 2 is 1.86 bits per heavy atom. The molecule has 0 fully saturated rings. The van der Waals surface area contributed by atoms with Crippen LogP contribution in [-0.2, 0) is 0 Å². The van der Waals surface area contributed by atoms with E-state index >= 15 is 0 Å². The smallest absolute Gasteiger partial charge is 0.323 e. The zero-order chi connectivity index (χ0) is 16.0. The molecule has 0 saturated heterocycles. The van der Waals surface area contributed by atoms with E-state index in [2.05, 4.69) is 52.9 Å². The number of anilines is 2. The van der Waals surface area contributed by atoms with Crippen LogP contribution in [0.3, 0.4) is 0 Å². The average molecular weight is 295 g/mol. The van der Waals surface area contributed by atoms with Crippen LogP contribution in [-0.4, -0.2) is 40.2 Å². The molecule has 0 atom stereocenters. The van der Waals surface area contributed by atoms with Crippen molar-refractivity contribution >= 4 is 11.9 Å². The summed E-state index contributed by atoms with van der Waals surface area (Å²) >= 11 is 0. The van der Waals surface area contributed by atoms with Crippen molar-refractivity contribution < 1.29 is 4.74 Å². The van der Waals surface area contributed by atoms with Crippen LogP contribution >= 0.6 is 0 Å². The van der Waals surface area contributed by atoms with E-state index < -0.39 is 0 Å². The van der Waals surface area contributed by atoms with Crippen molar-refractivity contribution in [1.29, 1.82) is 0 Å². The number of hydrogen-bond donors (Lipinski definition) is 1. The highest BCUT2D eigenvalue weighted by atomic mass is 16.5. The van der Waals surface area contributed by atoms with Crippen molar-refractivity contribution in [2.75, 3.05) is 23.8 Å². The van der Waals surface area contributed by atoms with Gasteiger partial charge in [0.1, 0.15) is 0 Å². The second kappa shape index (κ2) is 7.43. The quantitative estimate of drug-likeness (QED) is 0.795. The van der Waals surface area contributed by atoms with Gasteiger partial charge in [0.15, 0.2) is 0 Å². The molecule has 6 heteroatoms. The van der Waals surface area contributed by atoms with Crippen LogP contribution in [0.5, 0.6) is 6.01 Å². The first-order valence-corrected chi connectivity index (χ1v) is 7.70. The summed E-state index contributed by atoms with van der Waals surface area (Å²) in [6.07, 6.45) is 2.04. The fourth-order valence-electron chi connectivity index (χ4n) is 1.58. The van der Waals surface area contributed by atoms with Crippen molar-refractivity contribution in [3.8, 4) is 6.01 Å². The third-order valence-corrected chi connectivity index (χ3v) is 3.55. The highest BCUT2D eigenvalue weighted by Gasteiger charge is 2.25. The minimum atomic E-state index is -0.0293. The van der Waals surface area contributed by atoms with Gasteiger partial charge >= 0.3 is 6.01 Å². The first kappa shape index (κ1) is 17.5. The second-order valence-corrected chi connectivity index (χ2v) is 6.06. The summed E-state index contributed by atoms with van der Waals surface area (Å²) in [4.78, 5) is 15.3. The molecule has 0 aliphatic carbocycles. The number of nitrogens with zero attached hydrogens (tertiary/aromatic N) is 4. The molecule has 21 heavy (non-hydrogen) atoms. The van der Waals surface area contributed by atoms with Crippen molar-refractivity contribution in [1.82, 2.24) is 15.0 Å². The van der Waals surface area contributed by atoms with E-state index in [9.17, 15) is 0 Å². The summed E-state index contributed by atoms with van der Waals surface area (Å²) in [7, 11) is 2.00. The van der Waals surface area contributed by atoms with Crippen molar-refractivity contribution in [2.45, 2.75) is 66.0 Å². The van der Waals surface area contributed by atoms with Gasteiger partial charge in [-0.05, 0) is 40.5 Å². The highest BCUT2D eigenvalue weighted by molar-refractivity contribution is 5.40. The summed E-state index contributed by atoms with van der Waals surface area (Å²) in [5, 5.41) is 3.20. The van der Waals surface area contributed by atoms with Crippen LogP contribution in [0.2, 0.25) is 0 Å². The van der Waals surface area contributed by atoms with Crippen molar-refractivity contribution in [3.05, 3.63) is 0 Å². The predicted octanol–water partition coefficient (Wildman–Crippen LogP) is 3.11. The Hall–Kier alpha value is -1.59. The van der Waals surface area contributed by atoms with Crippen LogP contribution in [0.1, 0.15) is 54.4 Å². The van der Waals surface area contributed by atoms with Crippen molar-refractivity contribution in [2.24, 2.45) is 0 Å². The average Bonchev–Trinajstić information content (AvgIpc) is 2.43. The molecule has 0 aromatic carbocycles. The third-order valence-electron chi connectivity index (χ3n) is 3.55. The number of nitrogens with one attached hydrogen (secondary N) is 1. The number of aromatic nitrogens is 3. The Bertz CT molecular complexity index is 448. The Morgan fingerprint density at radius 1 is 1.19 bits per heavy atom. The van der Waals surface area contributed by atoms with E-state index in [0.29, 0.717) is 17.9 Å². The Morgan fingerprint density at radius 3 is 2.38 bits per heavy atom. The van der Waals surface area contributed by atoms with Gasteiger partial charge in [0, 0.05) is 19.1 Å². The molecule has 1 N–H and O–H groups in total. The molecule has 6 nitrogen and oxygen atoms in total. The van der Waals surface area contributed by atoms with E-state index in [0.717, 1.165) is 19.4 Å². The van der Waals surface area contributed by atoms with Gasteiger partial charge in [0.05, 0.1) is 6.10 Å². The number of rotatable bonds is 8. The van der Waals surface area contributed by atoms with E-state index in [1.807, 2.05) is 20.9 Å². The maximum Gasteiger partial charge on any atom is 0.323 e. The lowest BCUT2D eigenvalue weighted by Gasteiger charge is -2.34. The summed E-state index contributed by atoms with van der Waals surface area (Å²) in [5.41, 5.74) is -0.0293. The molecule has 0 spiro atoms. The normalized spacial score (nSPS) is 11.6. The zero-order valence-electron chi connectivity index (χ0n) is 14.4. The lowest BCUT2D eigenvalue weighted by molar-refractivity contribution is 0.221. The zero-order valence-corrected chi connectivity index (χ0v) is 14.4. The minimum absolute atomic E-state index is 0.0293. The molecule has 1 aromatic heterocycles. The van der Waals surface area contributed by atoms with Crippen molar-refractivity contribution in [3.63, 3.8) is 0 Å². The van der Waals surface area contributed by atoms with E-state index in [4.69, 9.17) is 4.74 Å². The number of hydrogen-bond acceptors (Lipinski definition) is 6. The van der Waals surface area contributed by atoms with Gasteiger partial charge in [-0.25, -0.2) is 0 Å². The van der Waals surface area contributed by atoms with Gasteiger partial charge in [-0.2, -0.15) is 15.0 Å². The van der Waals surface area contributed by atoms with E-state index in [1.165, 1.54) is 0 Å². The van der Waals surface area contributed by atoms with Gasteiger partial charge in [0.25, 0.3) is 0 Å². The molecule has 0 radical (unpaired) electrons. The molecule has 0 aliphatic rings. The van der Waals surface area contributed by atoms with E-state index in [-0.39, 0.29) is 11.6 Å². The lowest BCUT2D eigenvalue weighted by atomic mass is 10.0. The van der Waals surface area contributed by atoms with Crippen LogP contribution in [0.15, 0.2) is 0 Å². The maximum absolute atomic E-state index is 5.64. The Balaban J connectivity index is 3.11. The van der Waals surface area contributed by atoms with Gasteiger partial charge in [-0.1, -0.05) is 13.8 Å². The van der Waals surface area contributed by atoms with Gasteiger partial charge in [-0.15, -0.1) is 0 Å². The Labute approximate surface area is 128 Å². The second-order valence-electron chi connectivity index (χ2n) is 6.06. The molecule has 1 heterocycles. The predicted molar refractivity (Wildman–Crippen MR) is 87.1 cm³/mol. The summed E-state index contributed by atoms with van der Waals surface area (Å²) in [6, 6.07) is 0.368. The highest BCUT2D eigenvalue weighted by Crippen LogP contribution is 2.24.